The van der Waals surface area contributed by atoms with Crippen molar-refractivity contribution in [2.75, 3.05) is 13.2 Å². The molecule has 0 aromatic heterocycles. The highest BCUT2D eigenvalue weighted by Gasteiger charge is 2.19. The van der Waals surface area contributed by atoms with E-state index in [1.54, 1.807) is 6.07 Å². The molecule has 0 unspecified atom stereocenters. The maximum Gasteiger partial charge on any atom is 0.307 e. The quantitative estimate of drug-likeness (QED) is 0.849. The number of carboxylic acid groups (broad SMARTS) is 1. The van der Waals surface area contributed by atoms with Crippen LogP contribution in [0.4, 0.5) is 4.39 Å². The molecule has 0 amide bonds. The third-order valence-corrected chi connectivity index (χ3v) is 2.27. The lowest BCUT2D eigenvalue weighted by molar-refractivity contribution is -0.136. The van der Waals surface area contributed by atoms with E-state index in [0.717, 1.165) is 0 Å². The van der Waals surface area contributed by atoms with E-state index < -0.39 is 12.6 Å². The fourth-order valence-electron chi connectivity index (χ4n) is 1.66. The highest BCUT2D eigenvalue weighted by atomic mass is 19.1. The largest absolute Gasteiger partial charge is 0.486 e. The first kappa shape index (κ1) is 10.7. The van der Waals surface area contributed by atoms with E-state index in [-0.39, 0.29) is 6.42 Å². The van der Waals surface area contributed by atoms with Gasteiger partial charge in [0.2, 0.25) is 0 Å². The molecule has 0 fully saturated rings. The van der Waals surface area contributed by atoms with Gasteiger partial charge in [-0.25, -0.2) is 4.39 Å². The number of carboxylic acids is 1. The van der Waals surface area contributed by atoms with Crippen LogP contribution in [0.3, 0.4) is 0 Å². The molecule has 1 aromatic rings. The minimum atomic E-state index is -0.979. The smallest absolute Gasteiger partial charge is 0.307 e. The van der Waals surface area contributed by atoms with Crippen LogP contribution in [-0.4, -0.2) is 24.3 Å². The van der Waals surface area contributed by atoms with Crippen LogP contribution in [0.15, 0.2) is 12.1 Å². The minimum absolute atomic E-state index is 0.195. The normalized spacial score (nSPS) is 13.6. The molecule has 1 heterocycles. The Bertz CT molecular complexity index is 417. The fraction of sp³-hybridized carbons (Fsp3) is 0.364. The molecule has 2 rings (SSSR count). The van der Waals surface area contributed by atoms with E-state index in [2.05, 4.69) is 0 Å². The maximum absolute atomic E-state index is 12.6. The van der Waals surface area contributed by atoms with Gasteiger partial charge in [-0.15, -0.1) is 0 Å². The SMILES string of the molecule is O=C(O)Cc1cc(CF)cc2c1OCCO2. The summed E-state index contributed by atoms with van der Waals surface area (Å²) in [5.74, 6) is -0.129. The van der Waals surface area contributed by atoms with Crippen molar-refractivity contribution in [3.63, 3.8) is 0 Å². The van der Waals surface area contributed by atoms with Crippen LogP contribution >= 0.6 is 0 Å². The van der Waals surface area contributed by atoms with Gasteiger partial charge in [0, 0.05) is 5.56 Å². The average Bonchev–Trinajstić information content (AvgIpc) is 2.28. The zero-order valence-corrected chi connectivity index (χ0v) is 8.53. The van der Waals surface area contributed by atoms with Crippen LogP contribution in [-0.2, 0) is 17.9 Å². The third-order valence-electron chi connectivity index (χ3n) is 2.27. The number of benzene rings is 1. The van der Waals surface area contributed by atoms with Crippen LogP contribution < -0.4 is 9.47 Å². The summed E-state index contributed by atoms with van der Waals surface area (Å²) >= 11 is 0. The summed E-state index contributed by atoms with van der Waals surface area (Å²) in [6, 6.07) is 3.04. The molecule has 0 bridgehead atoms. The number of carbonyl (C=O) groups is 1. The van der Waals surface area contributed by atoms with Gasteiger partial charge < -0.3 is 14.6 Å². The first-order valence-corrected chi connectivity index (χ1v) is 4.90. The summed E-state index contributed by atoms with van der Waals surface area (Å²) in [4.78, 5) is 10.7. The van der Waals surface area contributed by atoms with E-state index in [0.29, 0.717) is 35.8 Å². The van der Waals surface area contributed by atoms with Gasteiger partial charge in [0.15, 0.2) is 11.5 Å². The predicted octanol–water partition coefficient (Wildman–Crippen LogP) is 1.55. The van der Waals surface area contributed by atoms with Gasteiger partial charge in [-0.1, -0.05) is 0 Å². The van der Waals surface area contributed by atoms with Gasteiger partial charge >= 0.3 is 5.97 Å². The molecule has 5 heteroatoms. The molecule has 4 nitrogen and oxygen atoms in total. The average molecular weight is 226 g/mol. The number of rotatable bonds is 3. The molecule has 0 atom stereocenters. The fourth-order valence-corrected chi connectivity index (χ4v) is 1.66. The van der Waals surface area contributed by atoms with Crippen LogP contribution in [0.1, 0.15) is 11.1 Å². The lowest BCUT2D eigenvalue weighted by atomic mass is 10.1. The first-order valence-electron chi connectivity index (χ1n) is 4.90. The molecule has 1 N–H and O–H groups in total. The number of aliphatic carboxylic acids is 1. The predicted molar refractivity (Wildman–Crippen MR) is 53.6 cm³/mol. The van der Waals surface area contributed by atoms with Crippen molar-refractivity contribution < 1.29 is 23.8 Å². The van der Waals surface area contributed by atoms with Crippen LogP contribution in [0.2, 0.25) is 0 Å². The molecule has 1 aliphatic heterocycles. The topological polar surface area (TPSA) is 55.8 Å². The molecule has 0 saturated carbocycles. The minimum Gasteiger partial charge on any atom is -0.486 e. The van der Waals surface area contributed by atoms with E-state index in [1.165, 1.54) is 6.07 Å². The van der Waals surface area contributed by atoms with Crippen molar-refractivity contribution in [2.45, 2.75) is 13.1 Å². The second-order valence-electron chi connectivity index (χ2n) is 3.48. The lowest BCUT2D eigenvalue weighted by Crippen LogP contribution is -2.17. The molecule has 86 valence electrons. The Labute approximate surface area is 91.6 Å². The number of hydrogen-bond acceptors (Lipinski definition) is 3. The number of hydrogen-bond donors (Lipinski definition) is 1. The standard InChI is InChI=1S/C11H11FO4/c12-6-7-3-8(5-10(13)14)11-9(4-7)15-1-2-16-11/h3-4H,1-2,5-6H2,(H,13,14). The van der Waals surface area contributed by atoms with Gasteiger partial charge in [0.05, 0.1) is 6.42 Å². The van der Waals surface area contributed by atoms with Gasteiger partial charge in [-0.3, -0.25) is 4.79 Å². The number of ether oxygens (including phenoxy) is 2. The number of halogens is 1. The van der Waals surface area contributed by atoms with Crippen molar-refractivity contribution in [1.29, 1.82) is 0 Å². The molecule has 0 radical (unpaired) electrons. The molecular formula is C11H11FO4. The zero-order chi connectivity index (χ0) is 11.5. The Balaban J connectivity index is 2.43. The zero-order valence-electron chi connectivity index (χ0n) is 8.53. The van der Waals surface area contributed by atoms with Gasteiger partial charge in [0.25, 0.3) is 0 Å². The number of fused-ring (bicyclic) bond motifs is 1. The number of alkyl halides is 1. The summed E-state index contributed by atoms with van der Waals surface area (Å²) in [5, 5.41) is 8.74. The Morgan fingerprint density at radius 1 is 1.38 bits per heavy atom. The van der Waals surface area contributed by atoms with Crippen molar-refractivity contribution >= 4 is 5.97 Å². The summed E-state index contributed by atoms with van der Waals surface area (Å²) in [7, 11) is 0. The van der Waals surface area contributed by atoms with Crippen molar-refractivity contribution in [3.8, 4) is 11.5 Å². The van der Waals surface area contributed by atoms with E-state index in [9.17, 15) is 9.18 Å². The highest BCUT2D eigenvalue weighted by Crippen LogP contribution is 2.35. The van der Waals surface area contributed by atoms with Gasteiger partial charge in [0.1, 0.15) is 19.9 Å². The monoisotopic (exact) mass is 226 g/mol. The summed E-state index contributed by atoms with van der Waals surface area (Å²) in [6.45, 7) is 0.132. The van der Waals surface area contributed by atoms with Crippen molar-refractivity contribution in [1.82, 2.24) is 0 Å². The van der Waals surface area contributed by atoms with Gasteiger partial charge in [-0.05, 0) is 17.7 Å². The molecular weight excluding hydrogens is 215 g/mol. The van der Waals surface area contributed by atoms with Crippen LogP contribution in [0.25, 0.3) is 0 Å². The third kappa shape index (κ3) is 2.08. The summed E-state index contributed by atoms with van der Waals surface area (Å²) < 4.78 is 23.2. The lowest BCUT2D eigenvalue weighted by Gasteiger charge is -2.21. The van der Waals surface area contributed by atoms with E-state index in [1.807, 2.05) is 0 Å². The Kier molecular flexibility index (Phi) is 2.94. The van der Waals surface area contributed by atoms with Crippen molar-refractivity contribution in [3.05, 3.63) is 23.3 Å². The van der Waals surface area contributed by atoms with E-state index in [4.69, 9.17) is 14.6 Å². The van der Waals surface area contributed by atoms with Gasteiger partial charge in [-0.2, -0.15) is 0 Å². The molecule has 0 saturated heterocycles. The summed E-state index contributed by atoms with van der Waals surface area (Å²) in [6.07, 6.45) is -0.195. The summed E-state index contributed by atoms with van der Waals surface area (Å²) in [5.41, 5.74) is 0.859. The van der Waals surface area contributed by atoms with Crippen LogP contribution in [0, 0.1) is 0 Å². The molecule has 1 aromatic carbocycles. The molecule has 0 aliphatic carbocycles. The van der Waals surface area contributed by atoms with E-state index >= 15 is 0 Å². The highest BCUT2D eigenvalue weighted by molar-refractivity contribution is 5.72. The molecule has 16 heavy (non-hydrogen) atoms. The Morgan fingerprint density at radius 2 is 2.12 bits per heavy atom. The second-order valence-corrected chi connectivity index (χ2v) is 3.48. The molecule has 0 spiro atoms. The maximum atomic E-state index is 12.6. The molecule has 1 aliphatic rings. The first-order chi connectivity index (χ1) is 7.70. The van der Waals surface area contributed by atoms with Crippen molar-refractivity contribution in [2.24, 2.45) is 0 Å². The van der Waals surface area contributed by atoms with Crippen LogP contribution in [0.5, 0.6) is 11.5 Å². The Hall–Kier alpha value is -1.78. The second kappa shape index (κ2) is 4.38. The Morgan fingerprint density at radius 3 is 2.81 bits per heavy atom.